The summed E-state index contributed by atoms with van der Waals surface area (Å²) in [6.45, 7) is 1.42. The van der Waals surface area contributed by atoms with Gasteiger partial charge in [-0.05, 0) is 31.4 Å². The Kier molecular flexibility index (Phi) is 5.80. The molecule has 0 unspecified atom stereocenters. The standard InChI is InChI=1S/C14H19ClN6O3S2/c1-20(26(23,24)12-6-5-10(15)25-12)9-11(22)16-13-17-14(19-18-13)21-7-3-2-4-8-21/h5-6H,2-4,7-9H2,1H3,(H2,16,17,18,19,22). The minimum Gasteiger partial charge on any atom is -0.340 e. The van der Waals surface area contributed by atoms with E-state index in [2.05, 4.69) is 20.5 Å². The van der Waals surface area contributed by atoms with Crippen LogP contribution in [-0.4, -0.2) is 60.5 Å². The molecular formula is C14H19ClN6O3S2. The molecule has 0 saturated carbocycles. The van der Waals surface area contributed by atoms with Crippen molar-refractivity contribution in [2.45, 2.75) is 23.5 Å². The zero-order chi connectivity index (χ0) is 18.7. The summed E-state index contributed by atoms with van der Waals surface area (Å²) >= 11 is 6.73. The van der Waals surface area contributed by atoms with Gasteiger partial charge in [0, 0.05) is 20.1 Å². The maximum Gasteiger partial charge on any atom is 0.252 e. The Morgan fingerprint density at radius 2 is 2.12 bits per heavy atom. The Morgan fingerprint density at radius 3 is 2.77 bits per heavy atom. The highest BCUT2D eigenvalue weighted by Crippen LogP contribution is 2.27. The van der Waals surface area contributed by atoms with Gasteiger partial charge in [0.25, 0.3) is 10.0 Å². The quantitative estimate of drug-likeness (QED) is 0.739. The largest absolute Gasteiger partial charge is 0.340 e. The van der Waals surface area contributed by atoms with Crippen molar-refractivity contribution >= 4 is 50.8 Å². The van der Waals surface area contributed by atoms with Crippen molar-refractivity contribution in [3.05, 3.63) is 16.5 Å². The molecule has 0 aliphatic carbocycles. The molecule has 1 fully saturated rings. The number of nitrogens with one attached hydrogen (secondary N) is 2. The lowest BCUT2D eigenvalue weighted by molar-refractivity contribution is -0.116. The maximum atomic E-state index is 12.4. The summed E-state index contributed by atoms with van der Waals surface area (Å²) in [5.41, 5.74) is 0. The first-order valence-electron chi connectivity index (χ1n) is 8.05. The lowest BCUT2D eigenvalue weighted by Crippen LogP contribution is -2.34. The molecule has 3 heterocycles. The first-order valence-corrected chi connectivity index (χ1v) is 10.7. The first-order chi connectivity index (χ1) is 12.4. The normalized spacial score (nSPS) is 15.4. The number of aromatic nitrogens is 3. The Hall–Kier alpha value is -1.69. The molecule has 1 aliphatic heterocycles. The molecule has 0 aromatic carbocycles. The molecule has 2 aromatic rings. The summed E-state index contributed by atoms with van der Waals surface area (Å²) in [6.07, 6.45) is 3.37. The van der Waals surface area contributed by atoms with Crippen LogP contribution in [0.15, 0.2) is 16.3 Å². The number of hydrogen-bond donors (Lipinski definition) is 2. The number of thiophene rings is 1. The smallest absolute Gasteiger partial charge is 0.252 e. The third kappa shape index (κ3) is 4.34. The van der Waals surface area contributed by atoms with Crippen LogP contribution in [0.1, 0.15) is 19.3 Å². The summed E-state index contributed by atoms with van der Waals surface area (Å²) in [7, 11) is -2.43. The highest BCUT2D eigenvalue weighted by Gasteiger charge is 2.25. The van der Waals surface area contributed by atoms with Gasteiger partial charge >= 0.3 is 0 Å². The third-order valence-electron chi connectivity index (χ3n) is 3.95. The van der Waals surface area contributed by atoms with Crippen LogP contribution in [0, 0.1) is 0 Å². The number of likely N-dealkylation sites (N-methyl/N-ethyl adjacent to an activating group) is 1. The number of anilines is 2. The van der Waals surface area contributed by atoms with Gasteiger partial charge < -0.3 is 4.90 Å². The number of H-pyrrole nitrogens is 1. The summed E-state index contributed by atoms with van der Waals surface area (Å²) in [4.78, 5) is 18.4. The topological polar surface area (TPSA) is 111 Å². The van der Waals surface area contributed by atoms with Crippen molar-refractivity contribution in [1.82, 2.24) is 19.5 Å². The predicted octanol–water partition coefficient (Wildman–Crippen LogP) is 1.77. The highest BCUT2D eigenvalue weighted by atomic mass is 35.5. The van der Waals surface area contributed by atoms with Crippen molar-refractivity contribution < 1.29 is 13.2 Å². The number of hydrogen-bond acceptors (Lipinski definition) is 7. The summed E-state index contributed by atoms with van der Waals surface area (Å²) in [5.74, 6) is 0.217. The monoisotopic (exact) mass is 418 g/mol. The van der Waals surface area contributed by atoms with Gasteiger partial charge in [-0.3, -0.25) is 10.1 Å². The molecule has 0 bridgehead atoms. The van der Waals surface area contributed by atoms with Gasteiger partial charge in [0.1, 0.15) is 4.21 Å². The number of aromatic amines is 1. The molecule has 3 rings (SSSR count). The fourth-order valence-corrected chi connectivity index (χ4v) is 5.41. The number of carbonyl (C=O) groups is 1. The van der Waals surface area contributed by atoms with Crippen molar-refractivity contribution in [3.63, 3.8) is 0 Å². The molecule has 9 nitrogen and oxygen atoms in total. The Labute approximate surface area is 160 Å². The zero-order valence-corrected chi connectivity index (χ0v) is 16.5. The third-order valence-corrected chi connectivity index (χ3v) is 7.45. The lowest BCUT2D eigenvalue weighted by atomic mass is 10.1. The first kappa shape index (κ1) is 19.1. The number of sulfonamides is 1. The van der Waals surface area contributed by atoms with E-state index in [9.17, 15) is 13.2 Å². The van der Waals surface area contributed by atoms with Gasteiger partial charge in [-0.2, -0.15) is 9.29 Å². The number of nitrogens with zero attached hydrogens (tertiary/aromatic N) is 4. The zero-order valence-electron chi connectivity index (χ0n) is 14.1. The molecule has 2 aromatic heterocycles. The van der Waals surface area contributed by atoms with Gasteiger partial charge in [0.15, 0.2) is 0 Å². The van der Waals surface area contributed by atoms with E-state index in [0.717, 1.165) is 41.6 Å². The van der Waals surface area contributed by atoms with E-state index in [0.29, 0.717) is 10.3 Å². The van der Waals surface area contributed by atoms with E-state index in [1.54, 1.807) is 0 Å². The Balaban J connectivity index is 1.59. The molecule has 2 N–H and O–H groups in total. The molecule has 0 atom stereocenters. The maximum absolute atomic E-state index is 12.4. The summed E-state index contributed by atoms with van der Waals surface area (Å²) < 4.78 is 26.2. The van der Waals surface area contributed by atoms with Gasteiger partial charge in [-0.25, -0.2) is 13.5 Å². The van der Waals surface area contributed by atoms with E-state index < -0.39 is 15.9 Å². The number of carbonyl (C=O) groups excluding carboxylic acids is 1. The van der Waals surface area contributed by atoms with Crippen LogP contribution in [0.2, 0.25) is 4.34 Å². The van der Waals surface area contributed by atoms with Gasteiger partial charge in [-0.15, -0.1) is 16.4 Å². The molecule has 1 aliphatic rings. The Morgan fingerprint density at radius 1 is 1.38 bits per heavy atom. The van der Waals surface area contributed by atoms with Crippen LogP contribution in [0.25, 0.3) is 0 Å². The van der Waals surface area contributed by atoms with Crippen LogP contribution in [0.4, 0.5) is 11.9 Å². The molecule has 1 amide bonds. The Bertz CT molecular complexity index is 875. The summed E-state index contributed by atoms with van der Waals surface area (Å²) in [6, 6.07) is 2.92. The van der Waals surface area contributed by atoms with Crippen LogP contribution in [-0.2, 0) is 14.8 Å². The van der Waals surface area contributed by atoms with Crippen LogP contribution >= 0.6 is 22.9 Å². The van der Waals surface area contributed by atoms with Crippen LogP contribution < -0.4 is 10.2 Å². The van der Waals surface area contributed by atoms with Crippen molar-refractivity contribution in [2.75, 3.05) is 36.9 Å². The number of piperidine rings is 1. The van der Waals surface area contributed by atoms with E-state index in [1.807, 2.05) is 4.90 Å². The number of halogens is 1. The fraction of sp³-hybridized carbons (Fsp3) is 0.500. The second-order valence-corrected chi connectivity index (χ2v) is 9.89. The van der Waals surface area contributed by atoms with Crippen molar-refractivity contribution in [3.8, 4) is 0 Å². The average molecular weight is 419 g/mol. The number of amides is 1. The molecule has 0 spiro atoms. The van der Waals surface area contributed by atoms with Crippen molar-refractivity contribution in [2.24, 2.45) is 0 Å². The molecule has 142 valence electrons. The molecule has 26 heavy (non-hydrogen) atoms. The van der Waals surface area contributed by atoms with E-state index in [1.165, 1.54) is 25.6 Å². The van der Waals surface area contributed by atoms with Gasteiger partial charge in [0.2, 0.25) is 17.8 Å². The molecule has 12 heteroatoms. The van der Waals surface area contributed by atoms with Gasteiger partial charge in [-0.1, -0.05) is 11.6 Å². The van der Waals surface area contributed by atoms with E-state index in [4.69, 9.17) is 11.6 Å². The minimum absolute atomic E-state index is 0.0878. The second kappa shape index (κ2) is 7.91. The van der Waals surface area contributed by atoms with Crippen LogP contribution in [0.5, 0.6) is 0 Å². The summed E-state index contributed by atoms with van der Waals surface area (Å²) in [5, 5.41) is 9.30. The molecule has 0 radical (unpaired) electrons. The van der Waals surface area contributed by atoms with E-state index in [-0.39, 0.29) is 16.7 Å². The molecule has 1 saturated heterocycles. The number of rotatable bonds is 6. The second-order valence-electron chi connectivity index (χ2n) is 5.90. The minimum atomic E-state index is -3.77. The van der Waals surface area contributed by atoms with E-state index >= 15 is 0 Å². The fourth-order valence-electron chi connectivity index (χ4n) is 2.59. The van der Waals surface area contributed by atoms with Crippen LogP contribution in [0.3, 0.4) is 0 Å². The predicted molar refractivity (Wildman–Crippen MR) is 100 cm³/mol. The molecular weight excluding hydrogens is 400 g/mol. The lowest BCUT2D eigenvalue weighted by Gasteiger charge is -2.24. The van der Waals surface area contributed by atoms with Gasteiger partial charge in [0.05, 0.1) is 10.9 Å². The average Bonchev–Trinajstić information content (AvgIpc) is 3.25. The van der Waals surface area contributed by atoms with Crippen molar-refractivity contribution in [1.29, 1.82) is 0 Å². The SMILES string of the molecule is CN(CC(=O)Nc1nc(N2CCCCC2)n[nH]1)S(=O)(=O)c1ccc(Cl)s1. The highest BCUT2D eigenvalue weighted by molar-refractivity contribution is 7.91.